The van der Waals surface area contributed by atoms with Crippen LogP contribution in [-0.2, 0) is 27.3 Å². The van der Waals surface area contributed by atoms with Gasteiger partial charge in [-0.25, -0.2) is 0 Å². The van der Waals surface area contributed by atoms with Crippen molar-refractivity contribution in [3.63, 3.8) is 0 Å². The quantitative estimate of drug-likeness (QED) is 0.0749. The topological polar surface area (TPSA) is 148 Å². The van der Waals surface area contributed by atoms with Crippen LogP contribution in [0.4, 0.5) is 0 Å². The van der Waals surface area contributed by atoms with Crippen LogP contribution in [0.1, 0.15) is 136 Å². The van der Waals surface area contributed by atoms with Gasteiger partial charge in [-0.3, -0.25) is 0 Å². The van der Waals surface area contributed by atoms with Gasteiger partial charge in [0.2, 0.25) is 0 Å². The second-order valence-corrected chi connectivity index (χ2v) is 10.6. The van der Waals surface area contributed by atoms with Crippen LogP contribution in [-0.4, -0.2) is 19.8 Å². The molecule has 217 valence electrons. The molecule has 0 heterocycles. The molecule has 1 radical (unpaired) electrons. The maximum absolute atomic E-state index is 9.95. The second-order valence-electron chi connectivity index (χ2n) is 8.47. The summed E-state index contributed by atoms with van der Waals surface area (Å²) < 4.78 is 43.1. The van der Waals surface area contributed by atoms with E-state index in [0.717, 1.165) is 38.5 Å². The first-order valence-corrected chi connectivity index (χ1v) is 16.9. The van der Waals surface area contributed by atoms with Crippen molar-refractivity contribution in [2.45, 2.75) is 136 Å². The summed E-state index contributed by atoms with van der Waals surface area (Å²) in [5.74, 6) is 0. The molecule has 3 unspecified atom stereocenters. The van der Waals surface area contributed by atoms with Gasteiger partial charge in [-0.1, -0.05) is 117 Å². The summed E-state index contributed by atoms with van der Waals surface area (Å²) in [6.07, 6.45) is 20.6. The number of hydrogen-bond donors (Lipinski definition) is 0. The molecule has 0 aromatic carbocycles. The van der Waals surface area contributed by atoms with Crippen molar-refractivity contribution in [1.82, 2.24) is 0 Å². The Bertz CT molecular complexity index is 424. The predicted molar refractivity (Wildman–Crippen MR) is 141 cm³/mol. The van der Waals surface area contributed by atoms with Gasteiger partial charge in [-0.05, 0) is 33.0 Å². The third kappa shape index (κ3) is 58.1. The van der Waals surface area contributed by atoms with Gasteiger partial charge in [0.05, 0.1) is 0 Å². The Labute approximate surface area is 262 Å². The smallest absolute Gasteiger partial charge is 0.566 e. The summed E-state index contributed by atoms with van der Waals surface area (Å²) in [5, 5.41) is 0. The van der Waals surface area contributed by atoms with Crippen molar-refractivity contribution in [1.29, 1.82) is 0 Å². The Balaban J connectivity index is -0.000000218. The number of rotatable bonds is 24. The maximum Gasteiger partial charge on any atom is 3.00 e. The first kappa shape index (κ1) is 45.4. The van der Waals surface area contributed by atoms with E-state index < -0.39 is 24.8 Å². The molecule has 13 heteroatoms. The zero-order valence-electron chi connectivity index (χ0n) is 23.4. The Morgan fingerprint density at radius 1 is 0.405 bits per heavy atom. The van der Waals surface area contributed by atoms with Crippen LogP contribution in [0.15, 0.2) is 0 Å². The molecule has 0 aliphatic carbocycles. The first-order chi connectivity index (χ1) is 17.3. The Kier molecular flexibility index (Phi) is 51.4. The van der Waals surface area contributed by atoms with E-state index in [-0.39, 0.29) is 40.8 Å². The van der Waals surface area contributed by atoms with Gasteiger partial charge < -0.3 is 14.7 Å². The molecule has 0 aromatic heterocycles. The summed E-state index contributed by atoms with van der Waals surface area (Å²) in [5.41, 5.74) is 0. The molecule has 0 bridgehead atoms. The Morgan fingerprint density at radius 3 is 0.784 bits per heavy atom. The average Bonchev–Trinajstić information content (AvgIpc) is 2.83. The molecule has 0 N–H and O–H groups in total. The van der Waals surface area contributed by atoms with Crippen LogP contribution in [0.5, 0.6) is 0 Å². The Hall–Kier alpha value is 1.41. The van der Waals surface area contributed by atoms with E-state index in [1.165, 1.54) is 77.0 Å². The molecule has 37 heavy (non-hydrogen) atoms. The van der Waals surface area contributed by atoms with E-state index in [1.807, 2.05) is 0 Å². The van der Waals surface area contributed by atoms with Crippen molar-refractivity contribution in [2.24, 2.45) is 0 Å². The molecule has 0 rings (SSSR count). The first-order valence-electron chi connectivity index (χ1n) is 13.6. The summed E-state index contributed by atoms with van der Waals surface area (Å²) >= 11 is 0. The molecular weight excluding hydrogens is 669 g/mol. The zero-order chi connectivity index (χ0) is 27.7. The minimum atomic E-state index is -2.63. The molecule has 0 aromatic rings. The van der Waals surface area contributed by atoms with Crippen LogP contribution >= 0.6 is 24.8 Å². The van der Waals surface area contributed by atoms with E-state index in [0.29, 0.717) is 19.8 Å². The molecule has 9 nitrogen and oxygen atoms in total. The predicted octanol–water partition coefficient (Wildman–Crippen LogP) is 7.14. The van der Waals surface area contributed by atoms with Crippen molar-refractivity contribution in [3.8, 4) is 0 Å². The molecule has 0 saturated heterocycles. The van der Waals surface area contributed by atoms with Crippen molar-refractivity contribution < 1.29 is 82.8 Å². The minimum Gasteiger partial charge on any atom is -0.566 e. The standard InChI is InChI=1S/3C8H17O3P.Nd/c3*1-2-3-4-5-6-7-8-11-12(9)10;/h3*2-8H2,1H3;/q;;;+3. The molecule has 0 aliphatic rings. The summed E-state index contributed by atoms with van der Waals surface area (Å²) in [6, 6.07) is 0. The van der Waals surface area contributed by atoms with Crippen LogP contribution in [0.3, 0.4) is 0 Å². The molecular formula is C24H51NdO9P3+3. The van der Waals surface area contributed by atoms with Crippen LogP contribution in [0, 0.1) is 40.8 Å². The van der Waals surface area contributed by atoms with Crippen molar-refractivity contribution >= 4 is 24.8 Å². The van der Waals surface area contributed by atoms with Crippen LogP contribution in [0.2, 0.25) is 0 Å². The van der Waals surface area contributed by atoms with Gasteiger partial charge in [0.1, 0.15) is 19.8 Å². The van der Waals surface area contributed by atoms with Gasteiger partial charge in [0.15, 0.2) is 0 Å². The Morgan fingerprint density at radius 2 is 0.595 bits per heavy atom. The molecule has 0 fully saturated rings. The molecule has 0 saturated carbocycles. The van der Waals surface area contributed by atoms with E-state index in [2.05, 4.69) is 34.3 Å². The molecule has 0 spiro atoms. The third-order valence-electron chi connectivity index (χ3n) is 5.08. The average molecular weight is 721 g/mol. The van der Waals surface area contributed by atoms with Crippen LogP contribution < -0.4 is 14.7 Å². The van der Waals surface area contributed by atoms with Gasteiger partial charge in [0, 0.05) is 0 Å². The third-order valence-corrected chi connectivity index (χ3v) is 6.26. The SMILES string of the molecule is CCCCCCCCO[P+](=O)[O-].CCCCCCCCO[P+](=O)[O-].CCCCCCCCO[P+](=O)[O-].[Nd+3]. The van der Waals surface area contributed by atoms with Gasteiger partial charge in [-0.2, -0.15) is 0 Å². The largest absolute Gasteiger partial charge is 3.00 e. The normalized spacial score (nSPS) is 11.4. The van der Waals surface area contributed by atoms with Gasteiger partial charge >= 0.3 is 65.6 Å². The van der Waals surface area contributed by atoms with E-state index in [1.54, 1.807) is 0 Å². The van der Waals surface area contributed by atoms with Crippen molar-refractivity contribution in [2.75, 3.05) is 19.8 Å². The molecule has 3 atom stereocenters. The van der Waals surface area contributed by atoms with Gasteiger partial charge in [0.25, 0.3) is 0 Å². The fourth-order valence-electron chi connectivity index (χ4n) is 3.06. The zero-order valence-corrected chi connectivity index (χ0v) is 29.3. The summed E-state index contributed by atoms with van der Waals surface area (Å²) in [6.45, 7) is 7.57. The summed E-state index contributed by atoms with van der Waals surface area (Å²) in [4.78, 5) is 29.8. The van der Waals surface area contributed by atoms with E-state index in [9.17, 15) is 28.4 Å². The molecule has 0 amide bonds. The van der Waals surface area contributed by atoms with Crippen LogP contribution in [0.25, 0.3) is 0 Å². The minimum absolute atomic E-state index is 0. The monoisotopic (exact) mass is 718 g/mol. The van der Waals surface area contributed by atoms with E-state index >= 15 is 0 Å². The fraction of sp³-hybridized carbons (Fsp3) is 1.00. The van der Waals surface area contributed by atoms with E-state index in [4.69, 9.17) is 0 Å². The summed E-state index contributed by atoms with van der Waals surface area (Å²) in [7, 11) is -7.88. The number of hydrogen-bond acceptors (Lipinski definition) is 9. The molecule has 0 aliphatic heterocycles. The second kappa shape index (κ2) is 41.9. The van der Waals surface area contributed by atoms with Gasteiger partial charge in [-0.15, -0.1) is 13.6 Å². The maximum atomic E-state index is 9.95. The number of unbranched alkanes of at least 4 members (excludes halogenated alkanes) is 15. The van der Waals surface area contributed by atoms with Crippen molar-refractivity contribution in [3.05, 3.63) is 0 Å². The fourth-order valence-corrected chi connectivity index (χ4v) is 3.90.